The number of nitrogens with two attached hydrogens (primary N) is 1. The standard InChI is InChI=1S/C20H22N4O2/c1-14-13-16(23-19(21)22-14)18(25)24-11-4-8-20(10-12-24)9-7-15-5-2-3-6-17(15)26-20/h2-3,5-7,9,13H,4,8,10-12H2,1H3,(H2,21,22,23). The lowest BCUT2D eigenvalue weighted by Crippen LogP contribution is -2.38. The molecule has 1 atom stereocenters. The van der Waals surface area contributed by atoms with E-state index in [9.17, 15) is 4.79 Å². The Bertz CT molecular complexity index is 860. The number of nitrogen functional groups attached to an aromatic ring is 1. The Morgan fingerprint density at radius 1 is 1.23 bits per heavy atom. The van der Waals surface area contributed by atoms with Crippen molar-refractivity contribution in [3.8, 4) is 5.75 Å². The second-order valence-corrected chi connectivity index (χ2v) is 6.94. The molecule has 2 aliphatic rings. The SMILES string of the molecule is Cc1cc(C(=O)N2CCCC3(C=Cc4ccccc4O3)CC2)nc(N)n1. The second-order valence-electron chi connectivity index (χ2n) is 6.94. The van der Waals surface area contributed by atoms with Crippen LogP contribution in [0.15, 0.2) is 36.4 Å². The molecule has 4 rings (SSSR count). The van der Waals surface area contributed by atoms with Crippen LogP contribution in [0.2, 0.25) is 0 Å². The molecule has 1 aromatic carbocycles. The van der Waals surface area contributed by atoms with Crippen molar-refractivity contribution < 1.29 is 9.53 Å². The normalized spacial score (nSPS) is 21.8. The number of rotatable bonds is 1. The minimum atomic E-state index is -0.343. The number of aryl methyl sites for hydroxylation is 1. The van der Waals surface area contributed by atoms with Gasteiger partial charge in [-0.1, -0.05) is 24.3 Å². The van der Waals surface area contributed by atoms with E-state index in [2.05, 4.69) is 22.1 Å². The number of likely N-dealkylation sites (tertiary alicyclic amines) is 1. The van der Waals surface area contributed by atoms with Gasteiger partial charge < -0.3 is 15.4 Å². The Balaban J connectivity index is 1.51. The van der Waals surface area contributed by atoms with Crippen LogP contribution in [-0.2, 0) is 0 Å². The molecule has 2 aliphatic heterocycles. The van der Waals surface area contributed by atoms with Gasteiger partial charge in [-0.25, -0.2) is 9.97 Å². The van der Waals surface area contributed by atoms with E-state index in [0.717, 1.165) is 30.6 Å². The van der Waals surface area contributed by atoms with Crippen molar-refractivity contribution in [1.29, 1.82) is 0 Å². The van der Waals surface area contributed by atoms with Gasteiger partial charge in [-0.15, -0.1) is 0 Å². The van der Waals surface area contributed by atoms with Gasteiger partial charge in [-0.2, -0.15) is 0 Å². The second kappa shape index (κ2) is 6.44. The fraction of sp³-hybridized carbons (Fsp3) is 0.350. The number of carbonyl (C=O) groups is 1. The van der Waals surface area contributed by atoms with E-state index in [4.69, 9.17) is 10.5 Å². The monoisotopic (exact) mass is 350 g/mol. The molecule has 6 heteroatoms. The summed E-state index contributed by atoms with van der Waals surface area (Å²) in [6.45, 7) is 3.11. The van der Waals surface area contributed by atoms with Gasteiger partial charge in [0.2, 0.25) is 5.95 Å². The van der Waals surface area contributed by atoms with Crippen molar-refractivity contribution >= 4 is 17.9 Å². The highest BCUT2D eigenvalue weighted by atomic mass is 16.5. The van der Waals surface area contributed by atoms with Gasteiger partial charge in [0, 0.05) is 30.8 Å². The molecule has 1 fully saturated rings. The molecule has 1 unspecified atom stereocenters. The Labute approximate surface area is 152 Å². The molecule has 3 heterocycles. The fourth-order valence-corrected chi connectivity index (χ4v) is 3.67. The van der Waals surface area contributed by atoms with Gasteiger partial charge in [-0.05, 0) is 38.0 Å². The molecule has 2 N–H and O–H groups in total. The topological polar surface area (TPSA) is 81.3 Å². The summed E-state index contributed by atoms with van der Waals surface area (Å²) < 4.78 is 6.34. The van der Waals surface area contributed by atoms with Gasteiger partial charge >= 0.3 is 0 Å². The number of para-hydroxylation sites is 1. The van der Waals surface area contributed by atoms with Crippen LogP contribution in [0.4, 0.5) is 5.95 Å². The number of hydrogen-bond donors (Lipinski definition) is 1. The van der Waals surface area contributed by atoms with E-state index in [1.54, 1.807) is 6.07 Å². The highest BCUT2D eigenvalue weighted by Gasteiger charge is 2.36. The first-order chi connectivity index (χ1) is 12.5. The lowest BCUT2D eigenvalue weighted by atomic mass is 9.91. The highest BCUT2D eigenvalue weighted by molar-refractivity contribution is 5.92. The molecule has 0 saturated carbocycles. The van der Waals surface area contributed by atoms with Crippen molar-refractivity contribution in [1.82, 2.24) is 14.9 Å². The summed E-state index contributed by atoms with van der Waals surface area (Å²) >= 11 is 0. The fourth-order valence-electron chi connectivity index (χ4n) is 3.67. The Hall–Kier alpha value is -2.89. The number of aromatic nitrogens is 2. The summed E-state index contributed by atoms with van der Waals surface area (Å²) in [6, 6.07) is 9.73. The molecule has 2 aromatic rings. The number of carbonyl (C=O) groups excluding carboxylic acids is 1. The van der Waals surface area contributed by atoms with Crippen LogP contribution in [0.5, 0.6) is 5.75 Å². The lowest BCUT2D eigenvalue weighted by molar-refractivity contribution is 0.0724. The number of fused-ring (bicyclic) bond motifs is 1. The smallest absolute Gasteiger partial charge is 0.272 e. The average Bonchev–Trinajstić information content (AvgIpc) is 2.83. The number of benzene rings is 1. The molecule has 6 nitrogen and oxygen atoms in total. The first kappa shape index (κ1) is 16.6. The maximum Gasteiger partial charge on any atom is 0.272 e. The summed E-state index contributed by atoms with van der Waals surface area (Å²) in [6.07, 6.45) is 6.79. The average molecular weight is 350 g/mol. The lowest BCUT2D eigenvalue weighted by Gasteiger charge is -2.34. The molecule has 134 valence electrons. The number of anilines is 1. The minimum absolute atomic E-state index is 0.0977. The molecular formula is C20H22N4O2. The number of amides is 1. The van der Waals surface area contributed by atoms with Crippen LogP contribution in [0.25, 0.3) is 6.08 Å². The molecule has 0 aliphatic carbocycles. The zero-order valence-electron chi connectivity index (χ0n) is 14.8. The predicted octanol–water partition coefficient (Wildman–Crippen LogP) is 2.84. The molecule has 0 bridgehead atoms. The third-order valence-electron chi connectivity index (χ3n) is 5.01. The number of hydrogen-bond acceptors (Lipinski definition) is 5. The first-order valence-electron chi connectivity index (χ1n) is 8.92. The van der Waals surface area contributed by atoms with Gasteiger partial charge in [0.15, 0.2) is 0 Å². The molecule has 1 aromatic heterocycles. The van der Waals surface area contributed by atoms with Crippen molar-refractivity contribution in [3.63, 3.8) is 0 Å². The molecule has 26 heavy (non-hydrogen) atoms. The van der Waals surface area contributed by atoms with Crippen molar-refractivity contribution in [2.24, 2.45) is 0 Å². The summed E-state index contributed by atoms with van der Waals surface area (Å²) in [7, 11) is 0. The van der Waals surface area contributed by atoms with Crippen LogP contribution in [0, 0.1) is 6.92 Å². The zero-order valence-corrected chi connectivity index (χ0v) is 14.8. The maximum atomic E-state index is 12.8. The van der Waals surface area contributed by atoms with E-state index in [-0.39, 0.29) is 17.5 Å². The first-order valence-corrected chi connectivity index (χ1v) is 8.92. The Kier molecular flexibility index (Phi) is 4.11. The van der Waals surface area contributed by atoms with Crippen molar-refractivity contribution in [2.75, 3.05) is 18.8 Å². The largest absolute Gasteiger partial charge is 0.483 e. The van der Waals surface area contributed by atoms with Crippen LogP contribution in [-0.4, -0.2) is 39.5 Å². The van der Waals surface area contributed by atoms with Crippen LogP contribution in [0.3, 0.4) is 0 Å². The minimum Gasteiger partial charge on any atom is -0.483 e. The third-order valence-corrected chi connectivity index (χ3v) is 5.01. The molecular weight excluding hydrogens is 328 g/mol. The van der Waals surface area contributed by atoms with Gasteiger partial charge in [0.05, 0.1) is 0 Å². The maximum absolute atomic E-state index is 12.8. The van der Waals surface area contributed by atoms with Crippen LogP contribution in [0.1, 0.15) is 41.0 Å². The molecule has 1 saturated heterocycles. The number of nitrogens with zero attached hydrogens (tertiary/aromatic N) is 3. The Morgan fingerprint density at radius 3 is 2.92 bits per heavy atom. The predicted molar refractivity (Wildman–Crippen MR) is 99.8 cm³/mol. The van der Waals surface area contributed by atoms with Gasteiger partial charge in [-0.3, -0.25) is 4.79 Å². The summed E-state index contributed by atoms with van der Waals surface area (Å²) in [4.78, 5) is 22.8. The van der Waals surface area contributed by atoms with E-state index in [0.29, 0.717) is 24.5 Å². The molecule has 0 radical (unpaired) electrons. The van der Waals surface area contributed by atoms with E-state index >= 15 is 0 Å². The molecule has 1 amide bonds. The van der Waals surface area contributed by atoms with E-state index in [1.165, 1.54) is 0 Å². The van der Waals surface area contributed by atoms with Gasteiger partial charge in [0.1, 0.15) is 17.0 Å². The van der Waals surface area contributed by atoms with Gasteiger partial charge in [0.25, 0.3) is 5.91 Å². The summed E-state index contributed by atoms with van der Waals surface area (Å²) in [5, 5.41) is 0. The third kappa shape index (κ3) is 3.14. The van der Waals surface area contributed by atoms with Crippen LogP contribution < -0.4 is 10.5 Å². The summed E-state index contributed by atoms with van der Waals surface area (Å²) in [5.74, 6) is 0.947. The van der Waals surface area contributed by atoms with Crippen molar-refractivity contribution in [3.05, 3.63) is 53.4 Å². The van der Waals surface area contributed by atoms with E-state index < -0.39 is 0 Å². The zero-order chi connectivity index (χ0) is 18.1. The quantitative estimate of drug-likeness (QED) is 0.855. The summed E-state index contributed by atoms with van der Waals surface area (Å²) in [5.41, 5.74) is 7.50. The Morgan fingerprint density at radius 2 is 2.08 bits per heavy atom. The van der Waals surface area contributed by atoms with Crippen molar-refractivity contribution in [2.45, 2.75) is 31.8 Å². The van der Waals surface area contributed by atoms with Crippen LogP contribution >= 0.6 is 0 Å². The highest BCUT2D eigenvalue weighted by Crippen LogP contribution is 2.37. The molecule has 1 spiro atoms. The number of ether oxygens (including phenoxy) is 1. The van der Waals surface area contributed by atoms with E-state index in [1.807, 2.05) is 36.1 Å².